The van der Waals surface area contributed by atoms with E-state index in [1.54, 1.807) is 7.11 Å². The van der Waals surface area contributed by atoms with Gasteiger partial charge >= 0.3 is 6.03 Å². The van der Waals surface area contributed by atoms with E-state index >= 15 is 0 Å². The Balaban J connectivity index is 1.37. The highest BCUT2D eigenvalue weighted by atomic mass is 35.5. The molecule has 1 fully saturated rings. The van der Waals surface area contributed by atoms with Gasteiger partial charge in [0, 0.05) is 44.3 Å². The number of nitrogens with one attached hydrogen (secondary N) is 1. The molecule has 3 rings (SSSR count). The van der Waals surface area contributed by atoms with Crippen LogP contribution in [0.25, 0.3) is 0 Å². The minimum atomic E-state index is 0.0228. The molecule has 1 saturated heterocycles. The fourth-order valence-corrected chi connectivity index (χ4v) is 3.30. The lowest BCUT2D eigenvalue weighted by Crippen LogP contribution is -2.51. The predicted octanol–water partition coefficient (Wildman–Crippen LogP) is 3.42. The fourth-order valence-electron chi connectivity index (χ4n) is 3.17. The van der Waals surface area contributed by atoms with Crippen LogP contribution in [0.3, 0.4) is 0 Å². The maximum absolute atomic E-state index is 12.4. The number of methoxy groups -OCH3 is 1. The van der Waals surface area contributed by atoms with Gasteiger partial charge in [0.2, 0.25) is 0 Å². The van der Waals surface area contributed by atoms with Gasteiger partial charge in [0.15, 0.2) is 0 Å². The maximum atomic E-state index is 12.4. The van der Waals surface area contributed by atoms with Crippen molar-refractivity contribution in [1.29, 1.82) is 0 Å². The molecule has 0 spiro atoms. The summed E-state index contributed by atoms with van der Waals surface area (Å²) in [5.41, 5.74) is 2.43. The first kappa shape index (κ1) is 19.5. The highest BCUT2D eigenvalue weighted by molar-refractivity contribution is 6.30. The molecule has 2 aromatic carbocycles. The van der Waals surface area contributed by atoms with Crippen LogP contribution in [0.2, 0.25) is 5.02 Å². The first-order chi connectivity index (χ1) is 13.1. The summed E-state index contributed by atoms with van der Waals surface area (Å²) in [5.74, 6) is 0.847. The van der Waals surface area contributed by atoms with Crippen molar-refractivity contribution < 1.29 is 9.53 Å². The molecule has 0 aliphatic carbocycles. The van der Waals surface area contributed by atoms with Gasteiger partial charge in [0.25, 0.3) is 0 Å². The Morgan fingerprint density at radius 3 is 2.26 bits per heavy atom. The summed E-state index contributed by atoms with van der Waals surface area (Å²) < 4.78 is 5.16. The minimum absolute atomic E-state index is 0.0228. The number of hydrogen-bond donors (Lipinski definition) is 1. The number of halogens is 1. The van der Waals surface area contributed by atoms with E-state index in [2.05, 4.69) is 22.3 Å². The zero-order valence-electron chi connectivity index (χ0n) is 15.7. The Kier molecular flexibility index (Phi) is 6.96. The molecular formula is C21H26ClN3O2. The zero-order valence-corrected chi connectivity index (χ0v) is 16.4. The van der Waals surface area contributed by atoms with E-state index in [0.29, 0.717) is 6.54 Å². The summed E-state index contributed by atoms with van der Waals surface area (Å²) in [7, 11) is 1.66. The molecule has 1 N–H and O–H groups in total. The first-order valence-electron chi connectivity index (χ1n) is 9.26. The number of carbonyl (C=O) groups is 1. The Bertz CT molecular complexity index is 726. The lowest BCUT2D eigenvalue weighted by molar-refractivity contribution is 0.135. The molecule has 2 aromatic rings. The standard InChI is InChI=1S/C21H26ClN3O2/c1-27-20-8-4-17(5-9-20)10-11-23-21(26)25-14-12-24(13-15-25)16-18-2-6-19(22)7-3-18/h2-9H,10-16H2,1H3,(H,23,26). The average molecular weight is 388 g/mol. The summed E-state index contributed by atoms with van der Waals surface area (Å²) in [4.78, 5) is 16.6. The van der Waals surface area contributed by atoms with Crippen LogP contribution in [0.15, 0.2) is 48.5 Å². The number of piperazine rings is 1. The van der Waals surface area contributed by atoms with Gasteiger partial charge in [0.1, 0.15) is 5.75 Å². The average Bonchev–Trinajstić information content (AvgIpc) is 2.71. The third kappa shape index (κ3) is 5.88. The van der Waals surface area contributed by atoms with E-state index < -0.39 is 0 Å². The van der Waals surface area contributed by atoms with E-state index in [1.165, 1.54) is 11.1 Å². The Labute approximate surface area is 165 Å². The van der Waals surface area contributed by atoms with Crippen LogP contribution in [0.1, 0.15) is 11.1 Å². The summed E-state index contributed by atoms with van der Waals surface area (Å²) in [6.45, 7) is 4.80. The topological polar surface area (TPSA) is 44.8 Å². The Hall–Kier alpha value is -2.24. The molecule has 0 unspecified atom stereocenters. The van der Waals surface area contributed by atoms with E-state index in [0.717, 1.165) is 49.9 Å². The predicted molar refractivity (Wildman–Crippen MR) is 108 cm³/mol. The van der Waals surface area contributed by atoms with Gasteiger partial charge in [-0.3, -0.25) is 4.90 Å². The molecule has 6 heteroatoms. The highest BCUT2D eigenvalue weighted by Gasteiger charge is 2.20. The maximum Gasteiger partial charge on any atom is 0.317 e. The van der Waals surface area contributed by atoms with Crippen molar-refractivity contribution in [3.8, 4) is 5.75 Å². The number of carbonyl (C=O) groups excluding carboxylic acids is 1. The number of nitrogens with zero attached hydrogens (tertiary/aromatic N) is 2. The second-order valence-electron chi connectivity index (χ2n) is 6.72. The number of amides is 2. The van der Waals surface area contributed by atoms with Gasteiger partial charge in [-0.1, -0.05) is 35.9 Å². The van der Waals surface area contributed by atoms with Gasteiger partial charge in [-0.15, -0.1) is 0 Å². The zero-order chi connectivity index (χ0) is 19.1. The van der Waals surface area contributed by atoms with E-state index in [9.17, 15) is 4.79 Å². The number of ether oxygens (including phenoxy) is 1. The molecule has 0 atom stereocenters. The smallest absolute Gasteiger partial charge is 0.317 e. The van der Waals surface area contributed by atoms with Gasteiger partial charge in [0.05, 0.1) is 7.11 Å². The monoisotopic (exact) mass is 387 g/mol. The van der Waals surface area contributed by atoms with Gasteiger partial charge in [-0.25, -0.2) is 4.79 Å². The number of benzene rings is 2. The van der Waals surface area contributed by atoms with Crippen molar-refractivity contribution in [3.63, 3.8) is 0 Å². The SMILES string of the molecule is COc1ccc(CCNC(=O)N2CCN(Cc3ccc(Cl)cc3)CC2)cc1. The molecule has 1 aliphatic heterocycles. The van der Waals surface area contributed by atoms with Crippen molar-refractivity contribution in [2.24, 2.45) is 0 Å². The lowest BCUT2D eigenvalue weighted by atomic mass is 10.1. The van der Waals surface area contributed by atoms with Crippen LogP contribution in [0.5, 0.6) is 5.75 Å². The van der Waals surface area contributed by atoms with Crippen LogP contribution < -0.4 is 10.1 Å². The van der Waals surface area contributed by atoms with Crippen molar-refractivity contribution in [2.45, 2.75) is 13.0 Å². The molecule has 1 aliphatic rings. The van der Waals surface area contributed by atoms with Crippen molar-refractivity contribution in [2.75, 3.05) is 39.8 Å². The molecule has 0 radical (unpaired) electrons. The number of rotatable bonds is 6. The van der Waals surface area contributed by atoms with Crippen molar-refractivity contribution in [1.82, 2.24) is 15.1 Å². The Morgan fingerprint density at radius 2 is 1.63 bits per heavy atom. The molecule has 0 aromatic heterocycles. The second-order valence-corrected chi connectivity index (χ2v) is 7.16. The van der Waals surface area contributed by atoms with Crippen LogP contribution in [0, 0.1) is 0 Å². The normalized spacial score (nSPS) is 14.8. The van der Waals surface area contributed by atoms with Crippen LogP contribution >= 0.6 is 11.6 Å². The van der Waals surface area contributed by atoms with Crippen molar-refractivity contribution in [3.05, 3.63) is 64.7 Å². The van der Waals surface area contributed by atoms with Gasteiger partial charge in [-0.2, -0.15) is 0 Å². The number of hydrogen-bond acceptors (Lipinski definition) is 3. The molecule has 0 saturated carbocycles. The molecule has 5 nitrogen and oxygen atoms in total. The summed E-state index contributed by atoms with van der Waals surface area (Å²) >= 11 is 5.93. The quantitative estimate of drug-likeness (QED) is 0.826. The first-order valence-corrected chi connectivity index (χ1v) is 9.64. The highest BCUT2D eigenvalue weighted by Crippen LogP contribution is 2.13. The molecule has 144 valence electrons. The molecule has 27 heavy (non-hydrogen) atoms. The lowest BCUT2D eigenvalue weighted by Gasteiger charge is -2.34. The molecular weight excluding hydrogens is 362 g/mol. The summed E-state index contributed by atoms with van der Waals surface area (Å²) in [6.07, 6.45) is 0.812. The third-order valence-corrected chi connectivity index (χ3v) is 5.08. The Morgan fingerprint density at radius 1 is 1.00 bits per heavy atom. The second kappa shape index (κ2) is 9.62. The minimum Gasteiger partial charge on any atom is -0.497 e. The van der Waals surface area contributed by atoms with Crippen molar-refractivity contribution >= 4 is 17.6 Å². The van der Waals surface area contributed by atoms with Crippen LogP contribution in [0.4, 0.5) is 4.79 Å². The van der Waals surface area contributed by atoms with Gasteiger partial charge < -0.3 is 15.0 Å². The molecule has 2 amide bonds. The molecule has 0 bridgehead atoms. The molecule has 1 heterocycles. The van der Waals surface area contributed by atoms with E-state index in [1.807, 2.05) is 41.3 Å². The van der Waals surface area contributed by atoms with E-state index in [4.69, 9.17) is 16.3 Å². The largest absolute Gasteiger partial charge is 0.497 e. The summed E-state index contributed by atoms with van der Waals surface area (Å²) in [6, 6.07) is 15.9. The fraction of sp³-hybridized carbons (Fsp3) is 0.381. The third-order valence-electron chi connectivity index (χ3n) is 4.83. The number of urea groups is 1. The summed E-state index contributed by atoms with van der Waals surface area (Å²) in [5, 5.41) is 3.78. The van der Waals surface area contributed by atoms with Crippen LogP contribution in [-0.2, 0) is 13.0 Å². The van der Waals surface area contributed by atoms with Gasteiger partial charge in [-0.05, 0) is 41.8 Å². The van der Waals surface area contributed by atoms with E-state index in [-0.39, 0.29) is 6.03 Å². The van der Waals surface area contributed by atoms with Crippen LogP contribution in [-0.4, -0.2) is 55.7 Å².